The molecule has 3 atom stereocenters. The van der Waals surface area contributed by atoms with Crippen molar-refractivity contribution in [1.82, 2.24) is 20.1 Å². The number of carbonyl (C=O) groups is 3. The van der Waals surface area contributed by atoms with Crippen molar-refractivity contribution in [3.8, 4) is 5.75 Å². The van der Waals surface area contributed by atoms with Gasteiger partial charge in [-0.1, -0.05) is 17.2 Å². The predicted molar refractivity (Wildman–Crippen MR) is 158 cm³/mol. The third-order valence-electron chi connectivity index (χ3n) is 7.51. The van der Waals surface area contributed by atoms with Crippen LogP contribution in [0.15, 0.2) is 27.2 Å². The highest BCUT2D eigenvalue weighted by molar-refractivity contribution is 6.00. The van der Waals surface area contributed by atoms with E-state index in [-0.39, 0.29) is 37.4 Å². The molecule has 0 bridgehead atoms. The van der Waals surface area contributed by atoms with Crippen LogP contribution >= 0.6 is 0 Å². The maximum absolute atomic E-state index is 13.5. The molecule has 0 spiro atoms. The van der Waals surface area contributed by atoms with Crippen LogP contribution in [-0.2, 0) is 11.2 Å². The Morgan fingerprint density at radius 2 is 1.70 bits per heavy atom. The summed E-state index contributed by atoms with van der Waals surface area (Å²) in [4.78, 5) is 42.4. The number of rotatable bonds is 7. The van der Waals surface area contributed by atoms with Gasteiger partial charge in [-0.3, -0.25) is 4.79 Å². The Morgan fingerprint density at radius 3 is 2.28 bits per heavy atom. The van der Waals surface area contributed by atoms with Crippen molar-refractivity contribution >= 4 is 35.0 Å². The van der Waals surface area contributed by atoms with E-state index in [0.717, 1.165) is 0 Å². The molecule has 232 valence electrons. The van der Waals surface area contributed by atoms with Crippen LogP contribution in [0.3, 0.4) is 0 Å². The zero-order chi connectivity index (χ0) is 31.4. The average molecular weight is 598 g/mol. The number of amides is 5. The van der Waals surface area contributed by atoms with Gasteiger partial charge >= 0.3 is 12.1 Å². The summed E-state index contributed by atoms with van der Waals surface area (Å²) < 4.78 is 16.7. The van der Waals surface area contributed by atoms with E-state index in [1.165, 1.54) is 4.90 Å². The number of urea groups is 2. The largest absolute Gasteiger partial charge is 0.488 e. The van der Waals surface area contributed by atoms with Gasteiger partial charge < -0.3 is 44.6 Å². The van der Waals surface area contributed by atoms with E-state index in [1.54, 1.807) is 64.8 Å². The molecule has 0 saturated carbocycles. The van der Waals surface area contributed by atoms with Crippen LogP contribution in [0.4, 0.5) is 26.7 Å². The molecule has 3 heterocycles. The fourth-order valence-electron chi connectivity index (χ4n) is 4.88. The zero-order valence-electron chi connectivity index (χ0n) is 25.5. The van der Waals surface area contributed by atoms with Crippen molar-refractivity contribution in [2.24, 2.45) is 5.92 Å². The van der Waals surface area contributed by atoms with Crippen molar-refractivity contribution in [3.63, 3.8) is 0 Å². The number of carbonyl (C=O) groups excluding carboxylic acids is 3. The van der Waals surface area contributed by atoms with Gasteiger partial charge in [0.1, 0.15) is 34.6 Å². The number of likely N-dealkylation sites (N-methyl/N-ethyl adjacent to an activating group) is 1. The van der Waals surface area contributed by atoms with E-state index < -0.39 is 18.2 Å². The number of aliphatic hydroxyl groups is 1. The second-order valence-electron chi connectivity index (χ2n) is 11.0. The molecule has 0 unspecified atom stereocenters. The SMILES string of the molecule is Cc1noc(C)c1NC(=O)Nc1ccc2c(c1)CC(=O)N([C@@H](C)CO)C[C@H](C)[C@H](CN(C)C(=O)Nc1c(C)noc1C)O2. The van der Waals surface area contributed by atoms with Crippen LogP contribution < -0.4 is 20.7 Å². The summed E-state index contributed by atoms with van der Waals surface area (Å²) in [6.45, 7) is 10.9. The fourth-order valence-corrected chi connectivity index (χ4v) is 4.88. The zero-order valence-corrected chi connectivity index (χ0v) is 25.5. The maximum atomic E-state index is 13.5. The number of aliphatic hydroxyl groups excluding tert-OH is 1. The molecule has 2 aromatic heterocycles. The third kappa shape index (κ3) is 7.25. The Kier molecular flexibility index (Phi) is 9.59. The van der Waals surface area contributed by atoms with Gasteiger partial charge in [-0.2, -0.15) is 0 Å². The first kappa shape index (κ1) is 31.3. The molecule has 14 heteroatoms. The molecule has 0 fully saturated rings. The van der Waals surface area contributed by atoms with Crippen molar-refractivity contribution in [2.75, 3.05) is 42.7 Å². The number of nitrogens with one attached hydrogen (secondary N) is 3. The van der Waals surface area contributed by atoms with E-state index in [9.17, 15) is 19.5 Å². The second kappa shape index (κ2) is 13.2. The Balaban J connectivity index is 1.57. The summed E-state index contributed by atoms with van der Waals surface area (Å²) in [5.41, 5.74) is 3.10. The van der Waals surface area contributed by atoms with Gasteiger partial charge in [0, 0.05) is 30.8 Å². The highest BCUT2D eigenvalue weighted by atomic mass is 16.5. The molecule has 4 rings (SSSR count). The summed E-state index contributed by atoms with van der Waals surface area (Å²) in [7, 11) is 1.65. The van der Waals surface area contributed by atoms with Gasteiger partial charge in [0.05, 0.1) is 25.6 Å². The molecular formula is C29H39N7O7. The smallest absolute Gasteiger partial charge is 0.323 e. The van der Waals surface area contributed by atoms with E-state index in [0.29, 0.717) is 57.8 Å². The van der Waals surface area contributed by atoms with Crippen molar-refractivity contribution < 1.29 is 33.3 Å². The molecule has 1 aliphatic heterocycles. The molecule has 14 nitrogen and oxygen atoms in total. The first-order valence-electron chi connectivity index (χ1n) is 14.0. The normalized spacial score (nSPS) is 17.6. The lowest BCUT2D eigenvalue weighted by Crippen LogP contribution is -2.48. The second-order valence-corrected chi connectivity index (χ2v) is 11.0. The minimum absolute atomic E-state index is 0.0114. The number of ether oxygens (including phenoxy) is 1. The molecular weight excluding hydrogens is 558 g/mol. The van der Waals surface area contributed by atoms with Gasteiger partial charge in [0.2, 0.25) is 5.91 Å². The van der Waals surface area contributed by atoms with E-state index in [4.69, 9.17) is 13.8 Å². The monoisotopic (exact) mass is 597 g/mol. The summed E-state index contributed by atoms with van der Waals surface area (Å²) in [5.74, 6) is 1.03. The standard InChI is InChI=1S/C29H39N7O7/c1-15-12-36(16(2)14-37)25(38)11-21-10-22(30-28(39)31-26-17(3)33-42-19(26)5)8-9-23(21)41-24(15)13-35(7)29(40)32-27-18(4)34-43-20(27)6/h8-10,15-16,24,37H,11-14H2,1-7H3,(H,32,40)(H2,30,31,39)/t15-,16-,24-/m0/s1. The van der Waals surface area contributed by atoms with Gasteiger partial charge in [-0.05, 0) is 52.8 Å². The topological polar surface area (TPSA) is 175 Å². The summed E-state index contributed by atoms with van der Waals surface area (Å²) in [5, 5.41) is 26.0. The lowest BCUT2D eigenvalue weighted by Gasteiger charge is -2.34. The number of hydrogen-bond donors (Lipinski definition) is 4. The highest BCUT2D eigenvalue weighted by Crippen LogP contribution is 2.30. The number of hydrogen-bond acceptors (Lipinski definition) is 9. The number of anilines is 3. The van der Waals surface area contributed by atoms with Gasteiger partial charge in [-0.25, -0.2) is 9.59 Å². The Hall–Kier alpha value is -4.59. The molecule has 4 N–H and O–H groups in total. The Morgan fingerprint density at radius 1 is 1.07 bits per heavy atom. The molecule has 3 aromatic rings. The Bertz CT molecular complexity index is 1440. The van der Waals surface area contributed by atoms with Crippen molar-refractivity contribution in [2.45, 2.75) is 60.1 Å². The summed E-state index contributed by atoms with van der Waals surface area (Å²) >= 11 is 0. The number of aryl methyl sites for hydroxylation is 4. The number of nitrogens with zero attached hydrogens (tertiary/aromatic N) is 4. The Labute approximate surface area is 249 Å². The molecule has 1 aromatic carbocycles. The van der Waals surface area contributed by atoms with Crippen LogP contribution in [0.2, 0.25) is 0 Å². The lowest BCUT2D eigenvalue weighted by molar-refractivity contribution is -0.134. The van der Waals surface area contributed by atoms with E-state index >= 15 is 0 Å². The number of aromatic nitrogens is 2. The molecule has 0 saturated heterocycles. The van der Waals surface area contributed by atoms with Gasteiger partial charge in [-0.15, -0.1) is 0 Å². The molecule has 5 amide bonds. The average Bonchev–Trinajstić information content (AvgIpc) is 3.46. The quantitative estimate of drug-likeness (QED) is 0.315. The molecule has 0 radical (unpaired) electrons. The minimum atomic E-state index is -0.514. The van der Waals surface area contributed by atoms with E-state index in [2.05, 4.69) is 26.3 Å². The van der Waals surface area contributed by atoms with E-state index in [1.807, 2.05) is 6.92 Å². The molecule has 0 aliphatic carbocycles. The molecule has 43 heavy (non-hydrogen) atoms. The molecule has 1 aliphatic rings. The van der Waals surface area contributed by atoms with Crippen molar-refractivity contribution in [1.29, 1.82) is 0 Å². The first-order chi connectivity index (χ1) is 20.4. The van der Waals surface area contributed by atoms with Crippen LogP contribution in [-0.4, -0.2) is 82.1 Å². The summed E-state index contributed by atoms with van der Waals surface area (Å²) in [6, 6.07) is 3.76. The van der Waals surface area contributed by atoms with Crippen LogP contribution in [0.1, 0.15) is 42.3 Å². The summed E-state index contributed by atoms with van der Waals surface area (Å²) in [6.07, 6.45) is -0.525. The number of benzene rings is 1. The van der Waals surface area contributed by atoms with Crippen LogP contribution in [0.5, 0.6) is 5.75 Å². The third-order valence-corrected chi connectivity index (χ3v) is 7.51. The van der Waals surface area contributed by atoms with Gasteiger partial charge in [0.25, 0.3) is 0 Å². The fraction of sp³-hybridized carbons (Fsp3) is 0.483. The van der Waals surface area contributed by atoms with Crippen LogP contribution in [0, 0.1) is 33.6 Å². The lowest BCUT2D eigenvalue weighted by atomic mass is 10.0. The first-order valence-corrected chi connectivity index (χ1v) is 14.0. The van der Waals surface area contributed by atoms with Gasteiger partial charge in [0.15, 0.2) is 11.5 Å². The maximum Gasteiger partial charge on any atom is 0.323 e. The van der Waals surface area contributed by atoms with Crippen molar-refractivity contribution in [3.05, 3.63) is 46.7 Å². The highest BCUT2D eigenvalue weighted by Gasteiger charge is 2.32. The minimum Gasteiger partial charge on any atom is -0.488 e. The van der Waals surface area contributed by atoms with Crippen LogP contribution in [0.25, 0.3) is 0 Å². The number of fused-ring (bicyclic) bond motifs is 1. The predicted octanol–water partition coefficient (Wildman–Crippen LogP) is 3.85.